The van der Waals surface area contributed by atoms with E-state index in [1.807, 2.05) is 79.7 Å². The standard InChI is InChI=1S/C34H42N2O3/c1-25(2)30-19-10-11-20-32(30)39-24-33(37)36(23-28-16-12-13-26(3)21-28)31(22-27-14-6-4-7-15-27)34(38)35-29-17-8-5-9-18-29/h4,6-7,10-16,19-21,25,29,31H,5,8-9,17-18,22-24H2,1-3H3,(H,35,38)/t31-/m1/s1. The highest BCUT2D eigenvalue weighted by molar-refractivity contribution is 5.88. The first kappa shape index (κ1) is 28.4. The molecule has 0 unspecified atom stereocenters. The summed E-state index contributed by atoms with van der Waals surface area (Å²) in [5, 5.41) is 3.30. The van der Waals surface area contributed by atoms with E-state index in [0.717, 1.165) is 47.9 Å². The van der Waals surface area contributed by atoms with E-state index in [0.29, 0.717) is 18.7 Å². The normalized spacial score (nSPS) is 14.6. The largest absolute Gasteiger partial charge is 0.483 e. The summed E-state index contributed by atoms with van der Waals surface area (Å²) in [6.07, 6.45) is 5.90. The van der Waals surface area contributed by atoms with Crippen LogP contribution in [0.1, 0.15) is 74.1 Å². The van der Waals surface area contributed by atoms with Crippen molar-refractivity contribution in [2.75, 3.05) is 6.61 Å². The number of nitrogens with zero attached hydrogens (tertiary/aromatic N) is 1. The van der Waals surface area contributed by atoms with Crippen molar-refractivity contribution in [3.63, 3.8) is 0 Å². The molecule has 1 atom stereocenters. The van der Waals surface area contributed by atoms with Crippen LogP contribution in [0.15, 0.2) is 78.9 Å². The Kier molecular flexibility index (Phi) is 10.2. The second-order valence-electron chi connectivity index (χ2n) is 11.0. The molecule has 3 aromatic carbocycles. The van der Waals surface area contributed by atoms with Gasteiger partial charge in [0.1, 0.15) is 11.8 Å². The lowest BCUT2D eigenvalue weighted by Crippen LogP contribution is -2.53. The van der Waals surface area contributed by atoms with Crippen LogP contribution in [-0.4, -0.2) is 35.4 Å². The van der Waals surface area contributed by atoms with Gasteiger partial charge in [-0.1, -0.05) is 111 Å². The number of hydrogen-bond acceptors (Lipinski definition) is 3. The molecule has 5 heteroatoms. The van der Waals surface area contributed by atoms with Crippen LogP contribution in [0.4, 0.5) is 0 Å². The van der Waals surface area contributed by atoms with Crippen LogP contribution in [0.25, 0.3) is 0 Å². The molecule has 0 spiro atoms. The van der Waals surface area contributed by atoms with Gasteiger partial charge in [-0.2, -0.15) is 0 Å². The molecule has 0 aromatic heterocycles. The summed E-state index contributed by atoms with van der Waals surface area (Å²) in [6, 6.07) is 25.5. The molecule has 39 heavy (non-hydrogen) atoms. The van der Waals surface area contributed by atoms with E-state index in [9.17, 15) is 9.59 Å². The fourth-order valence-electron chi connectivity index (χ4n) is 5.42. The first-order chi connectivity index (χ1) is 18.9. The number of rotatable bonds is 11. The van der Waals surface area contributed by atoms with Gasteiger partial charge in [0.15, 0.2) is 6.61 Å². The Hall–Kier alpha value is -3.60. The molecule has 0 saturated heterocycles. The van der Waals surface area contributed by atoms with Crippen LogP contribution in [0.5, 0.6) is 5.75 Å². The van der Waals surface area contributed by atoms with Gasteiger partial charge in [-0.15, -0.1) is 0 Å². The molecular weight excluding hydrogens is 484 g/mol. The number of amides is 2. The number of carbonyl (C=O) groups is 2. The zero-order chi connectivity index (χ0) is 27.6. The Balaban J connectivity index is 1.63. The summed E-state index contributed by atoms with van der Waals surface area (Å²) in [5.74, 6) is 0.693. The molecule has 1 saturated carbocycles. The predicted octanol–water partition coefficient (Wildman–Crippen LogP) is 6.59. The van der Waals surface area contributed by atoms with Crippen molar-refractivity contribution < 1.29 is 14.3 Å². The van der Waals surface area contributed by atoms with Crippen molar-refractivity contribution in [2.45, 2.75) is 83.8 Å². The van der Waals surface area contributed by atoms with Gasteiger partial charge in [-0.05, 0) is 48.4 Å². The number of benzene rings is 3. The van der Waals surface area contributed by atoms with E-state index in [1.165, 1.54) is 6.42 Å². The average molecular weight is 527 g/mol. The molecule has 0 heterocycles. The van der Waals surface area contributed by atoms with Crippen molar-refractivity contribution in [3.05, 3.63) is 101 Å². The number of carbonyl (C=O) groups excluding carboxylic acids is 2. The number of ether oxygens (including phenoxy) is 1. The fourth-order valence-corrected chi connectivity index (χ4v) is 5.42. The van der Waals surface area contributed by atoms with Crippen molar-refractivity contribution in [1.82, 2.24) is 10.2 Å². The number of nitrogens with one attached hydrogen (secondary N) is 1. The molecule has 5 nitrogen and oxygen atoms in total. The van der Waals surface area contributed by atoms with Gasteiger partial charge in [-0.25, -0.2) is 0 Å². The molecule has 206 valence electrons. The third kappa shape index (κ3) is 8.19. The summed E-state index contributed by atoms with van der Waals surface area (Å²) in [4.78, 5) is 29.5. The number of hydrogen-bond donors (Lipinski definition) is 1. The maximum Gasteiger partial charge on any atom is 0.261 e. The van der Waals surface area contributed by atoms with Gasteiger partial charge in [0.05, 0.1) is 0 Å². The summed E-state index contributed by atoms with van der Waals surface area (Å²) in [7, 11) is 0. The molecule has 2 amide bonds. The lowest BCUT2D eigenvalue weighted by molar-refractivity contribution is -0.143. The molecule has 1 N–H and O–H groups in total. The lowest BCUT2D eigenvalue weighted by Gasteiger charge is -2.33. The van der Waals surface area contributed by atoms with Crippen LogP contribution < -0.4 is 10.1 Å². The lowest BCUT2D eigenvalue weighted by atomic mass is 9.94. The maximum absolute atomic E-state index is 13.9. The molecule has 0 aliphatic heterocycles. The van der Waals surface area contributed by atoms with E-state index < -0.39 is 6.04 Å². The molecule has 1 aliphatic rings. The first-order valence-corrected chi connectivity index (χ1v) is 14.3. The third-order valence-electron chi connectivity index (χ3n) is 7.55. The second kappa shape index (κ2) is 14.0. The number of para-hydroxylation sites is 1. The van der Waals surface area contributed by atoms with E-state index in [1.54, 1.807) is 4.90 Å². The van der Waals surface area contributed by atoms with Crippen LogP contribution in [0.2, 0.25) is 0 Å². The fraction of sp³-hybridized carbons (Fsp3) is 0.412. The minimum absolute atomic E-state index is 0.0886. The topological polar surface area (TPSA) is 58.6 Å². The van der Waals surface area contributed by atoms with Gasteiger partial charge < -0.3 is 15.0 Å². The third-order valence-corrected chi connectivity index (χ3v) is 7.55. The Morgan fingerprint density at radius 1 is 0.897 bits per heavy atom. The van der Waals surface area contributed by atoms with E-state index in [2.05, 4.69) is 25.2 Å². The van der Waals surface area contributed by atoms with E-state index >= 15 is 0 Å². The molecule has 3 aromatic rings. The average Bonchev–Trinajstić information content (AvgIpc) is 2.95. The maximum atomic E-state index is 13.9. The summed E-state index contributed by atoms with van der Waals surface area (Å²) in [5.41, 5.74) is 4.20. The quantitative estimate of drug-likeness (QED) is 0.307. The first-order valence-electron chi connectivity index (χ1n) is 14.3. The van der Waals surface area contributed by atoms with Gasteiger partial charge >= 0.3 is 0 Å². The monoisotopic (exact) mass is 526 g/mol. The summed E-state index contributed by atoms with van der Waals surface area (Å²) >= 11 is 0. The Labute approximate surface area is 233 Å². The highest BCUT2D eigenvalue weighted by Crippen LogP contribution is 2.26. The highest BCUT2D eigenvalue weighted by Gasteiger charge is 2.32. The predicted molar refractivity (Wildman–Crippen MR) is 157 cm³/mol. The van der Waals surface area contributed by atoms with Crippen molar-refractivity contribution in [2.24, 2.45) is 0 Å². The minimum atomic E-state index is -0.647. The van der Waals surface area contributed by atoms with E-state index in [4.69, 9.17) is 4.74 Å². The van der Waals surface area contributed by atoms with Gasteiger partial charge in [0, 0.05) is 19.0 Å². The van der Waals surface area contributed by atoms with Crippen LogP contribution in [0, 0.1) is 6.92 Å². The molecular formula is C34H42N2O3. The van der Waals surface area contributed by atoms with Gasteiger partial charge in [0.25, 0.3) is 5.91 Å². The Morgan fingerprint density at radius 3 is 2.31 bits per heavy atom. The Bertz CT molecular complexity index is 1220. The minimum Gasteiger partial charge on any atom is -0.483 e. The number of aryl methyl sites for hydroxylation is 1. The summed E-state index contributed by atoms with van der Waals surface area (Å²) < 4.78 is 6.11. The van der Waals surface area contributed by atoms with E-state index in [-0.39, 0.29) is 30.4 Å². The molecule has 0 bridgehead atoms. The van der Waals surface area contributed by atoms with Crippen molar-refractivity contribution in [1.29, 1.82) is 0 Å². The molecule has 1 fully saturated rings. The smallest absolute Gasteiger partial charge is 0.261 e. The van der Waals surface area contributed by atoms with Crippen LogP contribution in [0.3, 0.4) is 0 Å². The molecule has 0 radical (unpaired) electrons. The van der Waals surface area contributed by atoms with Crippen LogP contribution in [-0.2, 0) is 22.6 Å². The highest BCUT2D eigenvalue weighted by atomic mass is 16.5. The molecule has 4 rings (SSSR count). The van der Waals surface area contributed by atoms with Crippen LogP contribution >= 0.6 is 0 Å². The SMILES string of the molecule is Cc1cccc(CN(C(=O)COc2ccccc2C(C)C)[C@H](Cc2ccccc2)C(=O)NC2CCCCC2)c1. The zero-order valence-corrected chi connectivity index (χ0v) is 23.6. The van der Waals surface area contributed by atoms with Gasteiger partial charge in [0.2, 0.25) is 5.91 Å². The second-order valence-corrected chi connectivity index (χ2v) is 11.0. The summed E-state index contributed by atoms with van der Waals surface area (Å²) in [6.45, 7) is 6.47. The molecule has 1 aliphatic carbocycles. The van der Waals surface area contributed by atoms with Crippen molar-refractivity contribution >= 4 is 11.8 Å². The van der Waals surface area contributed by atoms with Crippen molar-refractivity contribution in [3.8, 4) is 5.75 Å². The zero-order valence-electron chi connectivity index (χ0n) is 23.6. The Morgan fingerprint density at radius 2 is 1.59 bits per heavy atom. The van der Waals surface area contributed by atoms with Gasteiger partial charge in [-0.3, -0.25) is 9.59 Å².